The molecule has 0 aliphatic carbocycles. The van der Waals surface area contributed by atoms with Gasteiger partial charge in [0.15, 0.2) is 0 Å². The first-order valence-electron chi connectivity index (χ1n) is 7.29. The van der Waals surface area contributed by atoms with Gasteiger partial charge < -0.3 is 16.5 Å². The molecule has 6 N–H and O–H groups in total. The molecule has 122 valence electrons. The van der Waals surface area contributed by atoms with Crippen LogP contribution in [0.3, 0.4) is 0 Å². The lowest BCUT2D eigenvalue weighted by Gasteiger charge is -2.26. The van der Waals surface area contributed by atoms with E-state index < -0.39 is 0 Å². The molecule has 21 heavy (non-hydrogen) atoms. The molecule has 1 saturated heterocycles. The molecule has 2 unspecified atom stereocenters. The van der Waals surface area contributed by atoms with Crippen LogP contribution >= 0.6 is 12.2 Å². The molecule has 1 aliphatic rings. The average molecular weight is 314 g/mol. The van der Waals surface area contributed by atoms with Crippen LogP contribution in [-0.4, -0.2) is 40.6 Å². The zero-order chi connectivity index (χ0) is 16.6. The van der Waals surface area contributed by atoms with Crippen LogP contribution in [0.15, 0.2) is 24.6 Å². The number of allylic oxidation sites excluding steroid dienone is 1. The molecule has 0 saturated carbocycles. The van der Waals surface area contributed by atoms with Crippen molar-refractivity contribution < 1.29 is 0 Å². The lowest BCUT2D eigenvalue weighted by molar-refractivity contribution is 0.269. The van der Waals surface area contributed by atoms with E-state index >= 15 is 0 Å². The van der Waals surface area contributed by atoms with Crippen LogP contribution in [0.5, 0.6) is 0 Å². The number of thiocarbonyl (C=S) groups is 1. The summed E-state index contributed by atoms with van der Waals surface area (Å²) in [5.74, 6) is 6.17. The molecule has 0 bridgehead atoms. The zero-order valence-corrected chi connectivity index (χ0v) is 14.6. The predicted octanol–water partition coefficient (Wildman–Crippen LogP) is 1.56. The minimum Gasteiger partial charge on any atom is -0.401 e. The Labute approximate surface area is 134 Å². The number of hydrogen-bond acceptors (Lipinski definition) is 5. The third kappa shape index (κ3) is 7.45. The number of nitrogens with zero attached hydrogens (tertiary/aromatic N) is 2. The van der Waals surface area contributed by atoms with Gasteiger partial charge in [-0.05, 0) is 39.3 Å². The van der Waals surface area contributed by atoms with E-state index in [4.69, 9.17) is 29.5 Å². The number of likely N-dealkylation sites (N-methyl/N-ethyl adjacent to an activating group) is 1. The molecule has 0 aromatic heterocycles. The fraction of sp³-hybridized carbons (Fsp3) is 0.667. The molecule has 0 spiro atoms. The second-order valence-electron chi connectivity index (χ2n) is 5.83. The summed E-state index contributed by atoms with van der Waals surface area (Å²) in [6.45, 7) is 10.8. The van der Waals surface area contributed by atoms with E-state index in [1.165, 1.54) is 6.42 Å². The molecule has 0 radical (unpaired) electrons. The Balaban J connectivity index is 0.000000394. The Bertz CT molecular complexity index is 363. The number of hydrazine groups is 1. The Morgan fingerprint density at radius 3 is 2.24 bits per heavy atom. The maximum Gasteiger partial charge on any atom is 0.0901 e. The summed E-state index contributed by atoms with van der Waals surface area (Å²) in [6, 6.07) is 0.517. The highest BCUT2D eigenvalue weighted by Crippen LogP contribution is 2.14. The van der Waals surface area contributed by atoms with Crippen molar-refractivity contribution in [3.63, 3.8) is 0 Å². The maximum absolute atomic E-state index is 5.74. The number of likely N-dealkylation sites (tertiary alicyclic amines) is 1. The van der Waals surface area contributed by atoms with E-state index in [1.54, 1.807) is 18.1 Å². The third-order valence-corrected chi connectivity index (χ3v) is 3.74. The van der Waals surface area contributed by atoms with Gasteiger partial charge in [-0.25, -0.2) is 5.84 Å². The number of rotatable bonds is 5. The van der Waals surface area contributed by atoms with Gasteiger partial charge in [-0.15, -0.1) is 6.58 Å². The van der Waals surface area contributed by atoms with Crippen LogP contribution in [0.25, 0.3) is 0 Å². The van der Waals surface area contributed by atoms with Gasteiger partial charge in [0, 0.05) is 11.9 Å². The zero-order valence-electron chi connectivity index (χ0n) is 13.7. The Kier molecular flexibility index (Phi) is 9.24. The first-order valence-corrected chi connectivity index (χ1v) is 7.70. The largest absolute Gasteiger partial charge is 0.401 e. The maximum atomic E-state index is 5.74. The van der Waals surface area contributed by atoms with Gasteiger partial charge in [0.25, 0.3) is 0 Å². The van der Waals surface area contributed by atoms with Crippen LogP contribution in [0.1, 0.15) is 33.6 Å². The molecular formula is C15H31N5S. The van der Waals surface area contributed by atoms with Crippen molar-refractivity contribution in [1.29, 1.82) is 0 Å². The lowest BCUT2D eigenvalue weighted by Crippen LogP contribution is -2.39. The normalized spacial score (nSPS) is 20.7. The van der Waals surface area contributed by atoms with Gasteiger partial charge >= 0.3 is 0 Å². The van der Waals surface area contributed by atoms with Crippen molar-refractivity contribution in [2.75, 3.05) is 13.6 Å². The molecule has 2 atom stereocenters. The van der Waals surface area contributed by atoms with Gasteiger partial charge in [0.1, 0.15) is 0 Å². The van der Waals surface area contributed by atoms with Crippen LogP contribution in [0.4, 0.5) is 0 Å². The summed E-state index contributed by atoms with van der Waals surface area (Å²) in [4.78, 5) is 2.86. The third-order valence-electron chi connectivity index (χ3n) is 3.47. The lowest BCUT2D eigenvalue weighted by atomic mass is 10.0. The Hall–Kier alpha value is -1.11. The van der Waals surface area contributed by atoms with Crippen LogP contribution in [-0.2, 0) is 0 Å². The summed E-state index contributed by atoms with van der Waals surface area (Å²) in [7, 11) is 2.07. The highest BCUT2D eigenvalue weighted by atomic mass is 32.1. The van der Waals surface area contributed by atoms with Gasteiger partial charge in [0.05, 0.1) is 17.1 Å². The molecule has 0 amide bonds. The van der Waals surface area contributed by atoms with Gasteiger partial charge in [-0.3, -0.25) is 4.90 Å². The molecule has 0 aromatic carbocycles. The smallest absolute Gasteiger partial charge is 0.0901 e. The van der Waals surface area contributed by atoms with E-state index in [9.17, 15) is 0 Å². The second kappa shape index (κ2) is 9.76. The van der Waals surface area contributed by atoms with Gasteiger partial charge in [-0.1, -0.05) is 32.1 Å². The van der Waals surface area contributed by atoms with Gasteiger partial charge in [-0.2, -0.15) is 0 Å². The van der Waals surface area contributed by atoms with Crippen molar-refractivity contribution >= 4 is 17.2 Å². The van der Waals surface area contributed by atoms with Crippen molar-refractivity contribution in [2.45, 2.75) is 45.7 Å². The predicted molar refractivity (Wildman–Crippen MR) is 95.2 cm³/mol. The van der Waals surface area contributed by atoms with Crippen LogP contribution in [0.2, 0.25) is 0 Å². The molecule has 1 aliphatic heterocycles. The molecular weight excluding hydrogens is 282 g/mol. The van der Waals surface area contributed by atoms with E-state index in [0.29, 0.717) is 22.6 Å². The van der Waals surface area contributed by atoms with Gasteiger partial charge in [0.2, 0.25) is 0 Å². The Morgan fingerprint density at radius 2 is 2.00 bits per heavy atom. The van der Waals surface area contributed by atoms with E-state index in [-0.39, 0.29) is 6.04 Å². The topological polar surface area (TPSA) is 84.5 Å². The van der Waals surface area contributed by atoms with Crippen molar-refractivity contribution in [1.82, 2.24) is 9.91 Å². The second-order valence-corrected chi connectivity index (χ2v) is 6.30. The van der Waals surface area contributed by atoms with Crippen molar-refractivity contribution in [3.05, 3.63) is 24.6 Å². The summed E-state index contributed by atoms with van der Waals surface area (Å²) >= 11 is 4.87. The van der Waals surface area contributed by atoms with E-state index in [1.807, 2.05) is 6.08 Å². The molecule has 5 nitrogen and oxygen atoms in total. The standard InChI is InChI=1S/C9H19N3.C6H12N2S/c1-5-9(7(2)3)12(11)6-8(4)10;1-8-4-2-3-5(8)6(7)9/h5-7,9H,1,10-11H2,2-4H3;5H,2-4H2,1H3,(H2,7,9)/b8-6-;. The van der Waals surface area contributed by atoms with Crippen molar-refractivity contribution in [3.8, 4) is 0 Å². The van der Waals surface area contributed by atoms with E-state index in [0.717, 1.165) is 13.0 Å². The molecule has 6 heteroatoms. The summed E-state index contributed by atoms with van der Waals surface area (Å²) in [5, 5.41) is 1.59. The minimum atomic E-state index is 0.142. The highest BCUT2D eigenvalue weighted by Gasteiger charge is 2.22. The summed E-state index contributed by atoms with van der Waals surface area (Å²) in [6.07, 6.45) is 5.92. The van der Waals surface area contributed by atoms with Crippen LogP contribution < -0.4 is 17.3 Å². The average Bonchev–Trinajstić information content (AvgIpc) is 2.75. The monoisotopic (exact) mass is 313 g/mol. The first-order chi connectivity index (χ1) is 9.70. The summed E-state index contributed by atoms with van der Waals surface area (Å²) in [5.41, 5.74) is 11.7. The number of hydrogen-bond donors (Lipinski definition) is 3. The minimum absolute atomic E-state index is 0.142. The molecule has 1 fully saturated rings. The highest BCUT2D eigenvalue weighted by molar-refractivity contribution is 7.80. The molecule has 1 rings (SSSR count). The van der Waals surface area contributed by atoms with Crippen molar-refractivity contribution in [2.24, 2.45) is 23.2 Å². The van der Waals surface area contributed by atoms with Crippen LogP contribution in [0, 0.1) is 5.92 Å². The summed E-state index contributed by atoms with van der Waals surface area (Å²) < 4.78 is 0. The molecule has 0 aromatic rings. The van der Waals surface area contributed by atoms with E-state index in [2.05, 4.69) is 32.4 Å². The molecule has 1 heterocycles. The number of nitrogens with two attached hydrogens (primary N) is 3. The Morgan fingerprint density at radius 1 is 1.43 bits per heavy atom. The fourth-order valence-electron chi connectivity index (χ4n) is 2.33. The first kappa shape index (κ1) is 19.9. The fourth-order valence-corrected chi connectivity index (χ4v) is 2.63. The SMILES string of the molecule is C=CC(C(C)C)N(N)/C=C(/C)N.CN1CCCC1C(N)=S. The quantitative estimate of drug-likeness (QED) is 0.309.